The Kier molecular flexibility index (Phi) is 6.55. The molecule has 0 aliphatic carbocycles. The standard InChI is InChI=1S/C23H24FN5O5/c1-12(2)20(25)22(30)32-11-16-10-29(23(31)34-16)15-5-6-17(18(24)8-15)14-4-7-19(26-9-14)21-28-27-13(3)33-21/h4-9,12,16,20H,10-11,25H2,1-3H3. The number of anilines is 1. The summed E-state index contributed by atoms with van der Waals surface area (Å²) in [7, 11) is 0. The van der Waals surface area contributed by atoms with Crippen molar-refractivity contribution >= 4 is 17.7 Å². The molecule has 0 spiro atoms. The average Bonchev–Trinajstić information content (AvgIpc) is 3.42. The Morgan fingerprint density at radius 1 is 1.29 bits per heavy atom. The Bertz CT molecular complexity index is 1200. The summed E-state index contributed by atoms with van der Waals surface area (Å²) in [5, 5.41) is 7.67. The van der Waals surface area contributed by atoms with Crippen LogP contribution in [-0.2, 0) is 14.3 Å². The van der Waals surface area contributed by atoms with Crippen LogP contribution >= 0.6 is 0 Å². The molecule has 178 valence electrons. The molecule has 1 amide bonds. The maximum atomic E-state index is 14.9. The fraction of sp³-hybridized carbons (Fsp3) is 0.348. The zero-order valence-corrected chi connectivity index (χ0v) is 18.9. The van der Waals surface area contributed by atoms with Gasteiger partial charge in [0.2, 0.25) is 5.89 Å². The highest BCUT2D eigenvalue weighted by molar-refractivity contribution is 5.90. The van der Waals surface area contributed by atoms with E-state index in [-0.39, 0.29) is 25.0 Å². The van der Waals surface area contributed by atoms with E-state index in [0.29, 0.717) is 28.4 Å². The minimum Gasteiger partial charge on any atom is -0.460 e. The molecule has 0 saturated carbocycles. The van der Waals surface area contributed by atoms with Gasteiger partial charge in [-0.3, -0.25) is 14.7 Å². The molecule has 34 heavy (non-hydrogen) atoms. The van der Waals surface area contributed by atoms with E-state index in [1.807, 2.05) is 0 Å². The molecular weight excluding hydrogens is 445 g/mol. The third kappa shape index (κ3) is 4.88. The number of amides is 1. The van der Waals surface area contributed by atoms with Crippen LogP contribution in [0.15, 0.2) is 40.9 Å². The summed E-state index contributed by atoms with van der Waals surface area (Å²) in [5.74, 6) is -0.479. The highest BCUT2D eigenvalue weighted by Crippen LogP contribution is 2.29. The maximum absolute atomic E-state index is 14.9. The molecule has 3 heterocycles. The third-order valence-electron chi connectivity index (χ3n) is 5.36. The predicted molar refractivity (Wildman–Crippen MR) is 119 cm³/mol. The van der Waals surface area contributed by atoms with Crippen LogP contribution < -0.4 is 10.6 Å². The fourth-order valence-electron chi connectivity index (χ4n) is 3.35. The zero-order valence-electron chi connectivity index (χ0n) is 18.9. The fourth-order valence-corrected chi connectivity index (χ4v) is 3.35. The average molecular weight is 469 g/mol. The number of carbonyl (C=O) groups excluding carboxylic acids is 2. The van der Waals surface area contributed by atoms with E-state index in [1.54, 1.807) is 45.0 Å². The van der Waals surface area contributed by atoms with E-state index in [9.17, 15) is 14.0 Å². The van der Waals surface area contributed by atoms with Crippen molar-refractivity contribution in [3.05, 3.63) is 48.2 Å². The molecule has 1 saturated heterocycles. The number of nitrogens with two attached hydrogens (primary N) is 1. The van der Waals surface area contributed by atoms with E-state index in [0.717, 1.165) is 0 Å². The maximum Gasteiger partial charge on any atom is 0.414 e. The molecule has 3 aromatic rings. The lowest BCUT2D eigenvalue weighted by molar-refractivity contribution is -0.148. The normalized spacial score (nSPS) is 16.6. The molecule has 1 aliphatic rings. The van der Waals surface area contributed by atoms with Crippen LogP contribution in [-0.4, -0.2) is 52.5 Å². The summed E-state index contributed by atoms with van der Waals surface area (Å²) >= 11 is 0. The Morgan fingerprint density at radius 2 is 2.09 bits per heavy atom. The number of ether oxygens (including phenoxy) is 2. The molecule has 2 unspecified atom stereocenters. The van der Waals surface area contributed by atoms with Crippen molar-refractivity contribution in [2.24, 2.45) is 11.7 Å². The van der Waals surface area contributed by atoms with E-state index in [4.69, 9.17) is 19.6 Å². The van der Waals surface area contributed by atoms with Crippen molar-refractivity contribution in [2.45, 2.75) is 32.9 Å². The first-order valence-electron chi connectivity index (χ1n) is 10.7. The van der Waals surface area contributed by atoms with Gasteiger partial charge >= 0.3 is 12.1 Å². The second-order valence-corrected chi connectivity index (χ2v) is 8.24. The Balaban J connectivity index is 1.43. The molecule has 1 aliphatic heterocycles. The summed E-state index contributed by atoms with van der Waals surface area (Å²) in [6.45, 7) is 5.28. The Labute approximate surface area is 194 Å². The number of cyclic esters (lactones) is 1. The number of nitrogens with zero attached hydrogens (tertiary/aromatic N) is 4. The lowest BCUT2D eigenvalue weighted by Gasteiger charge is -2.16. The van der Waals surface area contributed by atoms with Crippen LogP contribution in [0.1, 0.15) is 19.7 Å². The topological polar surface area (TPSA) is 134 Å². The van der Waals surface area contributed by atoms with E-state index in [1.165, 1.54) is 17.2 Å². The largest absolute Gasteiger partial charge is 0.460 e. The number of halogens is 1. The summed E-state index contributed by atoms with van der Waals surface area (Å²) < 4.78 is 30.7. The Hall–Kier alpha value is -3.86. The summed E-state index contributed by atoms with van der Waals surface area (Å²) in [6, 6.07) is 7.00. The number of aryl methyl sites for hydroxylation is 1. The van der Waals surface area contributed by atoms with Crippen LogP contribution in [0.25, 0.3) is 22.7 Å². The van der Waals surface area contributed by atoms with Gasteiger partial charge < -0.3 is 19.6 Å². The van der Waals surface area contributed by atoms with Crippen LogP contribution in [0.3, 0.4) is 0 Å². The number of esters is 1. The van der Waals surface area contributed by atoms with Gasteiger partial charge in [-0.05, 0) is 30.2 Å². The second-order valence-electron chi connectivity index (χ2n) is 8.24. The highest BCUT2D eigenvalue weighted by atomic mass is 19.1. The number of rotatable bonds is 7. The number of hydrogen-bond acceptors (Lipinski definition) is 9. The molecule has 1 aromatic carbocycles. The van der Waals surface area contributed by atoms with Crippen molar-refractivity contribution < 1.29 is 27.9 Å². The Morgan fingerprint density at radius 3 is 2.71 bits per heavy atom. The van der Waals surface area contributed by atoms with Gasteiger partial charge in [0.15, 0.2) is 6.10 Å². The summed E-state index contributed by atoms with van der Waals surface area (Å²) in [6.07, 6.45) is 0.175. The first-order valence-corrected chi connectivity index (χ1v) is 10.7. The first kappa shape index (κ1) is 23.3. The van der Waals surface area contributed by atoms with Crippen LogP contribution in [0.5, 0.6) is 0 Å². The van der Waals surface area contributed by atoms with Gasteiger partial charge in [0.25, 0.3) is 5.89 Å². The summed E-state index contributed by atoms with van der Waals surface area (Å²) in [5.41, 5.74) is 7.41. The van der Waals surface area contributed by atoms with Gasteiger partial charge in [-0.25, -0.2) is 9.18 Å². The molecule has 1 fully saturated rings. The molecule has 2 aromatic heterocycles. The first-order chi connectivity index (χ1) is 16.2. The smallest absolute Gasteiger partial charge is 0.414 e. The minimum atomic E-state index is -0.755. The molecule has 2 atom stereocenters. The molecule has 0 bridgehead atoms. The molecule has 0 radical (unpaired) electrons. The number of benzene rings is 1. The zero-order chi connectivity index (χ0) is 24.4. The van der Waals surface area contributed by atoms with Crippen molar-refractivity contribution in [2.75, 3.05) is 18.1 Å². The lowest BCUT2D eigenvalue weighted by atomic mass is 10.1. The third-order valence-corrected chi connectivity index (χ3v) is 5.36. The summed E-state index contributed by atoms with van der Waals surface area (Å²) in [4.78, 5) is 29.8. The van der Waals surface area contributed by atoms with Crippen LogP contribution in [0.2, 0.25) is 0 Å². The molecular formula is C23H24FN5O5. The lowest BCUT2D eigenvalue weighted by Crippen LogP contribution is -2.38. The van der Waals surface area contributed by atoms with E-state index < -0.39 is 30.0 Å². The van der Waals surface area contributed by atoms with Gasteiger partial charge in [0, 0.05) is 24.2 Å². The van der Waals surface area contributed by atoms with Crippen LogP contribution in [0.4, 0.5) is 14.9 Å². The number of carbonyl (C=O) groups is 2. The van der Waals surface area contributed by atoms with Crippen molar-refractivity contribution in [3.8, 4) is 22.7 Å². The SMILES string of the molecule is Cc1nnc(-c2ccc(-c3ccc(N4CC(COC(=O)C(N)C(C)C)OC4=O)cc3F)cn2)o1. The van der Waals surface area contributed by atoms with Gasteiger partial charge in [0.1, 0.15) is 24.2 Å². The van der Waals surface area contributed by atoms with Gasteiger partial charge in [-0.1, -0.05) is 19.9 Å². The van der Waals surface area contributed by atoms with Crippen LogP contribution in [0, 0.1) is 18.7 Å². The van der Waals surface area contributed by atoms with Gasteiger partial charge in [0.05, 0.1) is 12.2 Å². The van der Waals surface area contributed by atoms with E-state index in [2.05, 4.69) is 15.2 Å². The monoisotopic (exact) mass is 469 g/mol. The predicted octanol–water partition coefficient (Wildman–Crippen LogP) is 3.10. The number of hydrogen-bond donors (Lipinski definition) is 1. The molecule has 2 N–H and O–H groups in total. The van der Waals surface area contributed by atoms with E-state index >= 15 is 0 Å². The highest BCUT2D eigenvalue weighted by Gasteiger charge is 2.34. The molecule has 4 rings (SSSR count). The van der Waals surface area contributed by atoms with Gasteiger partial charge in [-0.15, -0.1) is 10.2 Å². The second kappa shape index (κ2) is 9.56. The van der Waals surface area contributed by atoms with Crippen molar-refractivity contribution in [1.29, 1.82) is 0 Å². The van der Waals surface area contributed by atoms with Crippen molar-refractivity contribution in [3.63, 3.8) is 0 Å². The minimum absolute atomic E-state index is 0.0777. The molecule has 10 nitrogen and oxygen atoms in total. The molecule has 11 heteroatoms. The quantitative estimate of drug-likeness (QED) is 0.518. The van der Waals surface area contributed by atoms with Gasteiger partial charge in [-0.2, -0.15) is 0 Å². The number of aromatic nitrogens is 3. The van der Waals surface area contributed by atoms with Crippen molar-refractivity contribution in [1.82, 2.24) is 15.2 Å². The number of pyridine rings is 1.